The number of hydrogen-bond donors (Lipinski definition) is 1. The van der Waals surface area contributed by atoms with Crippen LogP contribution in [0.1, 0.15) is 49.9 Å². The molecule has 0 aromatic carbocycles. The zero-order valence-corrected chi connectivity index (χ0v) is 17.8. The molecule has 0 radical (unpaired) electrons. The van der Waals surface area contributed by atoms with Gasteiger partial charge in [-0.1, -0.05) is 25.0 Å². The second-order valence-electron chi connectivity index (χ2n) is 9.11. The standard InChI is InChI=1S/C23H33N3O3/c1-4-7-16-10-11-19-20-17(13-25(19)22(16)28)18(14-27)21(23(29)24(2)3)26(20)12-15-8-5-6-9-15/h4,7,10-11,15,17-18,20-21,27H,5-6,8-9,12-14H2,1-3H3/b7-4-/t17-,18-,20+,21-/m1/s1. The molecule has 0 unspecified atom stereocenters. The van der Waals surface area contributed by atoms with E-state index in [2.05, 4.69) is 11.0 Å². The number of likely N-dealkylation sites (tertiary alicyclic amines) is 1. The lowest BCUT2D eigenvalue weighted by Crippen LogP contribution is -2.49. The Morgan fingerprint density at radius 3 is 2.62 bits per heavy atom. The predicted octanol–water partition coefficient (Wildman–Crippen LogP) is 2.12. The van der Waals surface area contributed by atoms with Crippen molar-refractivity contribution in [2.24, 2.45) is 17.8 Å². The first kappa shape index (κ1) is 20.4. The molecule has 4 atom stereocenters. The molecule has 6 heteroatoms. The number of allylic oxidation sites excluding steroid dienone is 1. The lowest BCUT2D eigenvalue weighted by atomic mass is 9.88. The molecule has 29 heavy (non-hydrogen) atoms. The Bertz CT molecular complexity index is 853. The largest absolute Gasteiger partial charge is 0.396 e. The van der Waals surface area contributed by atoms with Crippen LogP contribution in [0.2, 0.25) is 0 Å². The summed E-state index contributed by atoms with van der Waals surface area (Å²) in [4.78, 5) is 30.1. The van der Waals surface area contributed by atoms with Crippen molar-refractivity contribution in [3.05, 3.63) is 39.8 Å². The van der Waals surface area contributed by atoms with Crippen LogP contribution >= 0.6 is 0 Å². The van der Waals surface area contributed by atoms with Crippen molar-refractivity contribution in [2.45, 2.75) is 51.2 Å². The van der Waals surface area contributed by atoms with E-state index < -0.39 is 0 Å². The van der Waals surface area contributed by atoms with Crippen molar-refractivity contribution in [3.8, 4) is 0 Å². The number of carbonyl (C=O) groups excluding carboxylic acids is 1. The van der Waals surface area contributed by atoms with Gasteiger partial charge in [0.05, 0.1) is 12.1 Å². The summed E-state index contributed by atoms with van der Waals surface area (Å²) in [5, 5.41) is 10.3. The monoisotopic (exact) mass is 399 g/mol. The summed E-state index contributed by atoms with van der Waals surface area (Å²) in [6, 6.07) is 3.66. The molecule has 3 aliphatic rings. The van der Waals surface area contributed by atoms with Crippen molar-refractivity contribution >= 4 is 12.0 Å². The summed E-state index contributed by atoms with van der Waals surface area (Å²) >= 11 is 0. The summed E-state index contributed by atoms with van der Waals surface area (Å²) in [5.41, 5.74) is 1.72. The van der Waals surface area contributed by atoms with Crippen LogP contribution in [0.25, 0.3) is 6.08 Å². The van der Waals surface area contributed by atoms with Gasteiger partial charge in [-0.15, -0.1) is 0 Å². The highest BCUT2D eigenvalue weighted by Crippen LogP contribution is 2.50. The number of hydrogen-bond acceptors (Lipinski definition) is 4. The van der Waals surface area contributed by atoms with Crippen LogP contribution in [0.15, 0.2) is 23.0 Å². The molecule has 0 bridgehead atoms. The van der Waals surface area contributed by atoms with E-state index in [0.29, 0.717) is 18.0 Å². The average Bonchev–Trinajstić information content (AvgIpc) is 3.40. The van der Waals surface area contributed by atoms with Gasteiger partial charge in [0.1, 0.15) is 0 Å². The summed E-state index contributed by atoms with van der Waals surface area (Å²) in [5.74, 6) is 0.592. The Morgan fingerprint density at radius 2 is 2.00 bits per heavy atom. The van der Waals surface area contributed by atoms with Crippen LogP contribution in [0.5, 0.6) is 0 Å². The molecule has 1 saturated carbocycles. The molecule has 6 nitrogen and oxygen atoms in total. The maximum Gasteiger partial charge on any atom is 0.258 e. The average molecular weight is 400 g/mol. The molecule has 1 aromatic heterocycles. The van der Waals surface area contributed by atoms with Gasteiger partial charge in [0.25, 0.3) is 5.56 Å². The second kappa shape index (κ2) is 8.07. The van der Waals surface area contributed by atoms with Crippen molar-refractivity contribution < 1.29 is 9.90 Å². The van der Waals surface area contributed by atoms with Crippen LogP contribution in [0.3, 0.4) is 0 Å². The van der Waals surface area contributed by atoms with Crippen molar-refractivity contribution in [1.82, 2.24) is 14.4 Å². The Balaban J connectivity index is 1.77. The van der Waals surface area contributed by atoms with Crippen molar-refractivity contribution in [2.75, 3.05) is 27.2 Å². The SMILES string of the molecule is C/C=C\c1ccc2n(c1=O)C[C@@H]1[C@@H](CO)[C@H](C(=O)N(C)C)N(CC3CCCC3)[C@H]21. The molecule has 1 saturated heterocycles. The number of aromatic nitrogens is 1. The number of carbonyl (C=O) groups is 1. The van der Waals surface area contributed by atoms with Crippen LogP contribution < -0.4 is 5.56 Å². The van der Waals surface area contributed by atoms with Gasteiger partial charge in [-0.3, -0.25) is 14.5 Å². The fourth-order valence-electron chi connectivity index (χ4n) is 5.87. The summed E-state index contributed by atoms with van der Waals surface area (Å²) in [6.07, 6.45) is 8.65. The summed E-state index contributed by atoms with van der Waals surface area (Å²) < 4.78 is 1.88. The maximum atomic E-state index is 13.1. The van der Waals surface area contributed by atoms with Gasteiger partial charge in [-0.25, -0.2) is 0 Å². The third-order valence-electron chi connectivity index (χ3n) is 7.20. The van der Waals surface area contributed by atoms with Gasteiger partial charge in [-0.2, -0.15) is 0 Å². The molecule has 2 fully saturated rings. The Labute approximate surface area is 172 Å². The highest BCUT2D eigenvalue weighted by molar-refractivity contribution is 5.82. The highest BCUT2D eigenvalue weighted by atomic mass is 16.3. The molecule has 3 heterocycles. The molecule has 2 aliphatic heterocycles. The maximum absolute atomic E-state index is 13.1. The quantitative estimate of drug-likeness (QED) is 0.824. The minimum Gasteiger partial charge on any atom is -0.396 e. The van der Waals surface area contributed by atoms with Crippen LogP contribution in [-0.4, -0.2) is 58.7 Å². The first-order valence-electron chi connectivity index (χ1n) is 10.9. The topological polar surface area (TPSA) is 65.8 Å². The molecule has 1 aromatic rings. The molecular weight excluding hydrogens is 366 g/mol. The van der Waals surface area contributed by atoms with Crippen LogP contribution in [0.4, 0.5) is 0 Å². The van der Waals surface area contributed by atoms with E-state index in [1.54, 1.807) is 19.0 Å². The molecular formula is C23H33N3O3. The third-order valence-corrected chi connectivity index (χ3v) is 7.20. The molecule has 1 aliphatic carbocycles. The molecule has 0 spiro atoms. The molecule has 4 rings (SSSR count). The van der Waals surface area contributed by atoms with E-state index in [1.165, 1.54) is 25.7 Å². The lowest BCUT2D eigenvalue weighted by molar-refractivity contribution is -0.136. The normalized spacial score (nSPS) is 29.5. The number of rotatable bonds is 5. The third kappa shape index (κ3) is 3.36. The molecule has 1 N–H and O–H groups in total. The number of aliphatic hydroxyl groups is 1. The van der Waals surface area contributed by atoms with E-state index in [1.807, 2.05) is 29.7 Å². The van der Waals surface area contributed by atoms with Gasteiger partial charge in [0.15, 0.2) is 0 Å². The van der Waals surface area contributed by atoms with Gasteiger partial charge in [-0.05, 0) is 37.8 Å². The first-order valence-corrected chi connectivity index (χ1v) is 10.9. The number of amides is 1. The minimum absolute atomic E-state index is 0.0222. The van der Waals surface area contributed by atoms with E-state index in [-0.39, 0.29) is 42.0 Å². The number of likely N-dealkylation sites (N-methyl/N-ethyl adjacent to an activating group) is 1. The Hall–Kier alpha value is -1.92. The van der Waals surface area contributed by atoms with Crippen LogP contribution in [-0.2, 0) is 11.3 Å². The smallest absolute Gasteiger partial charge is 0.258 e. The molecule has 158 valence electrons. The fourth-order valence-corrected chi connectivity index (χ4v) is 5.87. The van der Waals surface area contributed by atoms with Gasteiger partial charge in [0, 0.05) is 56.9 Å². The van der Waals surface area contributed by atoms with E-state index in [0.717, 1.165) is 12.2 Å². The fraction of sp³-hybridized carbons (Fsp3) is 0.652. The van der Waals surface area contributed by atoms with E-state index in [4.69, 9.17) is 0 Å². The highest BCUT2D eigenvalue weighted by Gasteiger charge is 2.56. The number of pyridine rings is 1. The summed E-state index contributed by atoms with van der Waals surface area (Å²) in [6.45, 7) is 3.33. The second-order valence-corrected chi connectivity index (χ2v) is 9.11. The number of nitrogens with zero attached hydrogens (tertiary/aromatic N) is 3. The Kier molecular flexibility index (Phi) is 5.67. The zero-order valence-electron chi connectivity index (χ0n) is 17.8. The zero-order chi connectivity index (χ0) is 20.7. The van der Waals surface area contributed by atoms with E-state index >= 15 is 0 Å². The van der Waals surface area contributed by atoms with Crippen molar-refractivity contribution in [1.29, 1.82) is 0 Å². The van der Waals surface area contributed by atoms with Gasteiger partial charge in [0.2, 0.25) is 5.91 Å². The predicted molar refractivity (Wildman–Crippen MR) is 113 cm³/mol. The Morgan fingerprint density at radius 1 is 1.28 bits per heavy atom. The first-order chi connectivity index (χ1) is 14.0. The van der Waals surface area contributed by atoms with Gasteiger partial charge >= 0.3 is 0 Å². The van der Waals surface area contributed by atoms with Crippen LogP contribution in [0, 0.1) is 17.8 Å². The van der Waals surface area contributed by atoms with Crippen molar-refractivity contribution in [3.63, 3.8) is 0 Å². The summed E-state index contributed by atoms with van der Waals surface area (Å²) in [7, 11) is 3.58. The van der Waals surface area contributed by atoms with E-state index in [9.17, 15) is 14.7 Å². The number of aliphatic hydroxyl groups excluding tert-OH is 1. The number of fused-ring (bicyclic) bond motifs is 3. The van der Waals surface area contributed by atoms with Gasteiger partial charge < -0.3 is 14.6 Å². The molecule has 1 amide bonds. The lowest BCUT2D eigenvalue weighted by Gasteiger charge is -2.34. The minimum atomic E-state index is -0.315.